The number of sulfone groups is 1. The molecule has 152 valence electrons. The fraction of sp³-hybridized carbons (Fsp3) is 0.273. The minimum atomic E-state index is -3.23. The molecule has 0 fully saturated rings. The maximum Gasteiger partial charge on any atom is 0.310 e. The standard InChI is InChI=1S/C22H22ClNO4S/c1-13-18(11-15-5-8-17(9-6-15)29(4,26)27)14(2)24-22-19(23)10-7-16(21(13)22)12-20(25)28-3/h5-10H,11-12H2,1-4H3. The second-order valence-electron chi connectivity index (χ2n) is 7.08. The third-order valence-corrected chi connectivity index (χ3v) is 6.49. The molecule has 0 amide bonds. The molecule has 1 aromatic heterocycles. The smallest absolute Gasteiger partial charge is 0.310 e. The van der Waals surface area contributed by atoms with Gasteiger partial charge in [0.2, 0.25) is 0 Å². The molecule has 0 N–H and O–H groups in total. The summed E-state index contributed by atoms with van der Waals surface area (Å²) in [6.07, 6.45) is 1.92. The van der Waals surface area contributed by atoms with Crippen LogP contribution in [0.15, 0.2) is 41.3 Å². The van der Waals surface area contributed by atoms with E-state index in [-0.39, 0.29) is 12.4 Å². The van der Waals surface area contributed by atoms with Crippen molar-refractivity contribution in [3.63, 3.8) is 0 Å². The van der Waals surface area contributed by atoms with Gasteiger partial charge in [-0.3, -0.25) is 9.78 Å². The van der Waals surface area contributed by atoms with Gasteiger partial charge in [-0.15, -0.1) is 0 Å². The molecule has 0 saturated heterocycles. The monoisotopic (exact) mass is 431 g/mol. The van der Waals surface area contributed by atoms with Crippen LogP contribution < -0.4 is 0 Å². The summed E-state index contributed by atoms with van der Waals surface area (Å²) < 4.78 is 28.2. The number of carbonyl (C=O) groups is 1. The number of benzene rings is 2. The molecule has 0 radical (unpaired) electrons. The summed E-state index contributed by atoms with van der Waals surface area (Å²) in [4.78, 5) is 16.8. The first-order valence-corrected chi connectivity index (χ1v) is 11.3. The zero-order valence-electron chi connectivity index (χ0n) is 16.7. The molecule has 5 nitrogen and oxygen atoms in total. The molecule has 0 saturated carbocycles. The molecule has 0 aliphatic carbocycles. The number of nitrogens with zero attached hydrogens (tertiary/aromatic N) is 1. The first-order valence-electron chi connectivity index (χ1n) is 9.04. The highest BCUT2D eigenvalue weighted by atomic mass is 35.5. The lowest BCUT2D eigenvalue weighted by Crippen LogP contribution is -2.07. The van der Waals surface area contributed by atoms with Crippen molar-refractivity contribution >= 4 is 38.3 Å². The second kappa shape index (κ2) is 8.13. The number of methoxy groups -OCH3 is 1. The summed E-state index contributed by atoms with van der Waals surface area (Å²) in [5, 5.41) is 1.39. The van der Waals surface area contributed by atoms with Gasteiger partial charge in [0.1, 0.15) is 0 Å². The van der Waals surface area contributed by atoms with Crippen molar-refractivity contribution in [2.45, 2.75) is 31.6 Å². The van der Waals surface area contributed by atoms with Crippen molar-refractivity contribution in [2.24, 2.45) is 0 Å². The van der Waals surface area contributed by atoms with Crippen LogP contribution in [-0.4, -0.2) is 32.7 Å². The topological polar surface area (TPSA) is 73.3 Å². The summed E-state index contributed by atoms with van der Waals surface area (Å²) >= 11 is 6.38. The number of hydrogen-bond donors (Lipinski definition) is 0. The number of pyridine rings is 1. The zero-order valence-corrected chi connectivity index (χ0v) is 18.3. The predicted octanol–water partition coefficient (Wildman–Crippen LogP) is 4.21. The summed E-state index contributed by atoms with van der Waals surface area (Å²) in [5.74, 6) is -0.327. The number of rotatable bonds is 5. The Hall–Kier alpha value is -2.44. The molecular weight excluding hydrogens is 410 g/mol. The number of carbonyl (C=O) groups excluding carboxylic acids is 1. The van der Waals surface area contributed by atoms with Crippen LogP contribution in [0.2, 0.25) is 5.02 Å². The van der Waals surface area contributed by atoms with Crippen molar-refractivity contribution in [2.75, 3.05) is 13.4 Å². The lowest BCUT2D eigenvalue weighted by molar-refractivity contribution is -0.139. The summed E-state index contributed by atoms with van der Waals surface area (Å²) in [7, 11) is -1.87. The van der Waals surface area contributed by atoms with Crippen LogP contribution in [-0.2, 0) is 32.2 Å². The largest absolute Gasteiger partial charge is 0.469 e. The molecule has 0 bridgehead atoms. The van der Waals surface area contributed by atoms with Crippen LogP contribution in [0.5, 0.6) is 0 Å². The van der Waals surface area contributed by atoms with Gasteiger partial charge < -0.3 is 4.74 Å². The van der Waals surface area contributed by atoms with Crippen molar-refractivity contribution < 1.29 is 17.9 Å². The first kappa shape index (κ1) is 21.3. The van der Waals surface area contributed by atoms with E-state index in [1.54, 1.807) is 18.2 Å². The van der Waals surface area contributed by atoms with Gasteiger partial charge in [-0.2, -0.15) is 0 Å². The molecule has 2 aromatic carbocycles. The van der Waals surface area contributed by atoms with Crippen molar-refractivity contribution in [1.82, 2.24) is 4.98 Å². The van der Waals surface area contributed by atoms with Crippen molar-refractivity contribution in [3.8, 4) is 0 Å². The van der Waals surface area contributed by atoms with Crippen molar-refractivity contribution in [1.29, 1.82) is 0 Å². The van der Waals surface area contributed by atoms with Crippen molar-refractivity contribution in [3.05, 3.63) is 69.4 Å². The highest BCUT2D eigenvalue weighted by molar-refractivity contribution is 7.90. The molecular formula is C22H22ClNO4S. The Morgan fingerprint density at radius 3 is 2.34 bits per heavy atom. The molecule has 1 heterocycles. The molecule has 7 heteroatoms. The second-order valence-corrected chi connectivity index (χ2v) is 9.50. The van der Waals surface area contributed by atoms with Gasteiger partial charge in [0, 0.05) is 17.3 Å². The molecule has 0 aliphatic rings. The van der Waals surface area contributed by atoms with E-state index in [4.69, 9.17) is 21.3 Å². The normalized spacial score (nSPS) is 11.6. The summed E-state index contributed by atoms with van der Waals surface area (Å²) in [6.45, 7) is 3.92. The number of aryl methyl sites for hydroxylation is 2. The Labute approximate surface area is 175 Å². The fourth-order valence-electron chi connectivity index (χ4n) is 3.49. The predicted molar refractivity (Wildman–Crippen MR) is 114 cm³/mol. The number of ether oxygens (including phenoxy) is 1. The van der Waals surface area contributed by atoms with Gasteiger partial charge in [0.05, 0.1) is 29.0 Å². The fourth-order valence-corrected chi connectivity index (χ4v) is 4.32. The van der Waals surface area contributed by atoms with Crippen LogP contribution >= 0.6 is 11.6 Å². The van der Waals surface area contributed by atoms with E-state index in [9.17, 15) is 13.2 Å². The molecule has 0 spiro atoms. The minimum absolute atomic E-state index is 0.137. The van der Waals surface area contributed by atoms with E-state index in [0.29, 0.717) is 21.9 Å². The lowest BCUT2D eigenvalue weighted by Gasteiger charge is -2.16. The van der Waals surface area contributed by atoms with Gasteiger partial charge >= 0.3 is 5.97 Å². The average molecular weight is 432 g/mol. The van der Waals surface area contributed by atoms with Gasteiger partial charge in [0.25, 0.3) is 0 Å². The Balaban J connectivity index is 2.11. The molecule has 3 aromatic rings. The maximum absolute atomic E-state index is 11.9. The molecule has 0 atom stereocenters. The maximum atomic E-state index is 11.9. The molecule has 3 rings (SSSR count). The molecule has 0 aliphatic heterocycles. The van der Waals surface area contributed by atoms with Gasteiger partial charge in [-0.05, 0) is 60.7 Å². The van der Waals surface area contributed by atoms with E-state index in [2.05, 4.69) is 0 Å². The summed E-state index contributed by atoms with van der Waals surface area (Å²) in [6, 6.07) is 10.4. The Bertz CT molecular complexity index is 1200. The Morgan fingerprint density at radius 1 is 1.10 bits per heavy atom. The number of aromatic nitrogens is 1. The Kier molecular flexibility index (Phi) is 5.96. The summed E-state index contributed by atoms with van der Waals surface area (Å²) in [5.41, 5.74) is 5.33. The minimum Gasteiger partial charge on any atom is -0.469 e. The highest BCUT2D eigenvalue weighted by Gasteiger charge is 2.17. The van der Waals surface area contributed by atoms with Crippen LogP contribution in [0.4, 0.5) is 0 Å². The van der Waals surface area contributed by atoms with E-state index in [1.807, 2.05) is 32.0 Å². The van der Waals surface area contributed by atoms with E-state index < -0.39 is 9.84 Å². The average Bonchev–Trinajstić information content (AvgIpc) is 2.67. The number of hydrogen-bond acceptors (Lipinski definition) is 5. The van der Waals surface area contributed by atoms with E-state index in [1.165, 1.54) is 13.4 Å². The SMILES string of the molecule is COC(=O)Cc1ccc(Cl)c2nc(C)c(Cc3ccc(S(C)(=O)=O)cc3)c(C)c12. The first-order chi connectivity index (χ1) is 13.6. The molecule has 0 unspecified atom stereocenters. The Morgan fingerprint density at radius 2 is 1.76 bits per heavy atom. The van der Waals surface area contributed by atoms with Gasteiger partial charge in [-0.25, -0.2) is 8.42 Å². The van der Waals surface area contributed by atoms with E-state index >= 15 is 0 Å². The number of esters is 1. The zero-order chi connectivity index (χ0) is 21.3. The van der Waals surface area contributed by atoms with Gasteiger partial charge in [0.15, 0.2) is 9.84 Å². The van der Waals surface area contributed by atoms with Crippen LogP contribution in [0.3, 0.4) is 0 Å². The number of halogens is 1. The quantitative estimate of drug-likeness (QED) is 0.565. The third kappa shape index (κ3) is 4.43. The van der Waals surface area contributed by atoms with Crippen LogP contribution in [0.25, 0.3) is 10.9 Å². The van der Waals surface area contributed by atoms with Crippen LogP contribution in [0, 0.1) is 13.8 Å². The van der Waals surface area contributed by atoms with Gasteiger partial charge in [-0.1, -0.05) is 29.8 Å². The molecule has 29 heavy (non-hydrogen) atoms. The highest BCUT2D eigenvalue weighted by Crippen LogP contribution is 2.32. The lowest BCUT2D eigenvalue weighted by atomic mass is 9.93. The van der Waals surface area contributed by atoms with E-state index in [0.717, 1.165) is 33.3 Å². The number of fused-ring (bicyclic) bond motifs is 1. The van der Waals surface area contributed by atoms with Crippen LogP contribution in [0.1, 0.15) is 27.9 Å². The third-order valence-electron chi connectivity index (χ3n) is 5.05.